The quantitative estimate of drug-likeness (QED) is 0.807. The number of carbonyl (C=O) groups excluding carboxylic acids is 2. The third kappa shape index (κ3) is 3.35. The summed E-state index contributed by atoms with van der Waals surface area (Å²) in [4.78, 5) is 24.8. The van der Waals surface area contributed by atoms with Crippen LogP contribution in [0.4, 0.5) is 15.5 Å². The summed E-state index contributed by atoms with van der Waals surface area (Å²) in [5, 5.41) is 5.93. The molecule has 0 aliphatic carbocycles. The Kier molecular flexibility index (Phi) is 4.31. The molecule has 0 bridgehead atoms. The fourth-order valence-corrected chi connectivity index (χ4v) is 3.67. The molecule has 7 heteroatoms. The molecule has 4 N–H and O–H groups in total. The van der Waals surface area contributed by atoms with E-state index in [0.29, 0.717) is 35.9 Å². The first-order valence-corrected chi connectivity index (χ1v) is 8.03. The zero-order valence-electron chi connectivity index (χ0n) is 12.6. The monoisotopic (exact) mass is 331 g/mol. The van der Waals surface area contributed by atoms with E-state index in [1.807, 2.05) is 31.2 Å². The highest BCUT2D eigenvalue weighted by atomic mass is 32.1. The summed E-state index contributed by atoms with van der Waals surface area (Å²) in [7, 11) is 0. The largest absolute Gasteiger partial charge is 0.376 e. The fourth-order valence-electron chi connectivity index (χ4n) is 2.48. The molecule has 0 saturated carbocycles. The Balaban J connectivity index is 1.79. The van der Waals surface area contributed by atoms with E-state index in [4.69, 9.17) is 10.5 Å². The number of nitrogens with one attached hydrogen (secondary N) is 2. The molecule has 0 unspecified atom stereocenters. The number of benzene rings is 1. The average molecular weight is 331 g/mol. The SMILES string of the molecule is Cc1ccc(NC(=O)Nc2sc3c(c2C(N)=O)CCOC3)cc1. The van der Waals surface area contributed by atoms with Crippen LogP contribution in [0.3, 0.4) is 0 Å². The topological polar surface area (TPSA) is 93.5 Å². The molecule has 0 saturated heterocycles. The van der Waals surface area contributed by atoms with Crippen molar-refractivity contribution in [1.29, 1.82) is 0 Å². The summed E-state index contributed by atoms with van der Waals surface area (Å²) in [6, 6.07) is 7.04. The Hall–Kier alpha value is -2.38. The lowest BCUT2D eigenvalue weighted by Crippen LogP contribution is -2.22. The number of amides is 3. The van der Waals surface area contributed by atoms with Gasteiger partial charge in [0.15, 0.2) is 0 Å². The number of rotatable bonds is 3. The number of urea groups is 1. The highest BCUT2D eigenvalue weighted by Gasteiger charge is 2.25. The Morgan fingerprint density at radius 1 is 1.22 bits per heavy atom. The number of hydrogen-bond donors (Lipinski definition) is 3. The van der Waals surface area contributed by atoms with Gasteiger partial charge in [-0.05, 0) is 31.0 Å². The van der Waals surface area contributed by atoms with Crippen LogP contribution in [0.2, 0.25) is 0 Å². The number of nitrogens with two attached hydrogens (primary N) is 1. The van der Waals surface area contributed by atoms with Crippen molar-refractivity contribution in [2.75, 3.05) is 17.2 Å². The van der Waals surface area contributed by atoms with Crippen molar-refractivity contribution < 1.29 is 14.3 Å². The zero-order chi connectivity index (χ0) is 16.4. The third-order valence-corrected chi connectivity index (χ3v) is 4.72. The van der Waals surface area contributed by atoms with Crippen LogP contribution in [0.25, 0.3) is 0 Å². The van der Waals surface area contributed by atoms with Gasteiger partial charge in [0.05, 0.1) is 18.8 Å². The molecule has 2 aromatic rings. The number of hydrogen-bond acceptors (Lipinski definition) is 4. The smallest absolute Gasteiger partial charge is 0.324 e. The van der Waals surface area contributed by atoms with Gasteiger partial charge in [-0.25, -0.2) is 4.79 Å². The molecule has 6 nitrogen and oxygen atoms in total. The number of thiophene rings is 1. The minimum Gasteiger partial charge on any atom is -0.376 e. The predicted octanol–water partition coefficient (Wildman–Crippen LogP) is 2.87. The van der Waals surface area contributed by atoms with Gasteiger partial charge >= 0.3 is 6.03 Å². The van der Waals surface area contributed by atoms with E-state index in [1.54, 1.807) is 0 Å². The first kappa shape index (κ1) is 15.5. The van der Waals surface area contributed by atoms with Crippen LogP contribution in [-0.4, -0.2) is 18.5 Å². The highest BCUT2D eigenvalue weighted by Crippen LogP contribution is 2.36. The molecule has 1 aromatic carbocycles. The fraction of sp³-hybridized carbons (Fsp3) is 0.250. The number of ether oxygens (including phenoxy) is 1. The Labute approximate surface area is 137 Å². The Morgan fingerprint density at radius 3 is 2.65 bits per heavy atom. The molecule has 3 rings (SSSR count). The maximum Gasteiger partial charge on any atom is 0.324 e. The van der Waals surface area contributed by atoms with Gasteiger partial charge in [-0.15, -0.1) is 11.3 Å². The normalized spacial score (nSPS) is 13.3. The second-order valence-corrected chi connectivity index (χ2v) is 6.43. The van der Waals surface area contributed by atoms with Crippen molar-refractivity contribution in [3.8, 4) is 0 Å². The van der Waals surface area contributed by atoms with Gasteiger partial charge in [-0.1, -0.05) is 17.7 Å². The average Bonchev–Trinajstić information content (AvgIpc) is 2.87. The van der Waals surface area contributed by atoms with Gasteiger partial charge in [-0.3, -0.25) is 10.1 Å². The summed E-state index contributed by atoms with van der Waals surface area (Å²) in [5.74, 6) is -0.532. The van der Waals surface area contributed by atoms with Gasteiger partial charge in [0, 0.05) is 10.6 Å². The van der Waals surface area contributed by atoms with E-state index < -0.39 is 11.9 Å². The van der Waals surface area contributed by atoms with E-state index in [9.17, 15) is 9.59 Å². The zero-order valence-corrected chi connectivity index (χ0v) is 13.5. The van der Waals surface area contributed by atoms with E-state index in [-0.39, 0.29) is 0 Å². The van der Waals surface area contributed by atoms with Gasteiger partial charge in [-0.2, -0.15) is 0 Å². The number of fused-ring (bicyclic) bond motifs is 1. The van der Waals surface area contributed by atoms with Crippen molar-refractivity contribution in [1.82, 2.24) is 0 Å². The van der Waals surface area contributed by atoms with Crippen LogP contribution in [0.1, 0.15) is 26.4 Å². The first-order chi connectivity index (χ1) is 11.0. The van der Waals surface area contributed by atoms with Crippen LogP contribution < -0.4 is 16.4 Å². The number of anilines is 2. The van der Waals surface area contributed by atoms with Gasteiger partial charge < -0.3 is 15.8 Å². The molecule has 1 aromatic heterocycles. The van der Waals surface area contributed by atoms with Crippen LogP contribution in [-0.2, 0) is 17.8 Å². The van der Waals surface area contributed by atoms with E-state index in [2.05, 4.69) is 10.6 Å². The Morgan fingerprint density at radius 2 is 1.96 bits per heavy atom. The van der Waals surface area contributed by atoms with Gasteiger partial charge in [0.2, 0.25) is 0 Å². The van der Waals surface area contributed by atoms with Crippen LogP contribution in [0, 0.1) is 6.92 Å². The highest BCUT2D eigenvalue weighted by molar-refractivity contribution is 7.17. The number of primary amides is 1. The van der Waals surface area contributed by atoms with Crippen molar-refractivity contribution in [2.24, 2.45) is 5.73 Å². The number of carbonyl (C=O) groups is 2. The minimum absolute atomic E-state index is 0.396. The lowest BCUT2D eigenvalue weighted by Gasteiger charge is -2.12. The molecule has 2 heterocycles. The maximum absolute atomic E-state index is 12.2. The molecule has 3 amide bonds. The molecule has 120 valence electrons. The third-order valence-electron chi connectivity index (χ3n) is 3.60. The van der Waals surface area contributed by atoms with Crippen LogP contribution in [0.5, 0.6) is 0 Å². The van der Waals surface area contributed by atoms with Crippen molar-refractivity contribution in [3.05, 3.63) is 45.8 Å². The van der Waals surface area contributed by atoms with E-state index in [1.165, 1.54) is 11.3 Å². The van der Waals surface area contributed by atoms with Crippen molar-refractivity contribution in [3.63, 3.8) is 0 Å². The predicted molar refractivity (Wildman–Crippen MR) is 90.0 cm³/mol. The first-order valence-electron chi connectivity index (χ1n) is 7.21. The molecule has 1 aliphatic heterocycles. The van der Waals surface area contributed by atoms with Crippen LogP contribution in [0.15, 0.2) is 24.3 Å². The molecule has 0 spiro atoms. The second kappa shape index (κ2) is 6.39. The second-order valence-electron chi connectivity index (χ2n) is 5.32. The summed E-state index contributed by atoms with van der Waals surface area (Å²) < 4.78 is 5.39. The molecule has 0 radical (unpaired) electrons. The van der Waals surface area contributed by atoms with E-state index >= 15 is 0 Å². The molecule has 0 fully saturated rings. The summed E-state index contributed by atoms with van der Waals surface area (Å²) in [5.41, 5.74) is 8.56. The Bertz CT molecular complexity index is 753. The lowest BCUT2D eigenvalue weighted by molar-refractivity contribution is 0.0991. The minimum atomic E-state index is -0.532. The molecule has 23 heavy (non-hydrogen) atoms. The van der Waals surface area contributed by atoms with Crippen molar-refractivity contribution in [2.45, 2.75) is 20.0 Å². The van der Waals surface area contributed by atoms with Gasteiger partial charge in [0.25, 0.3) is 5.91 Å². The summed E-state index contributed by atoms with van der Waals surface area (Å²) >= 11 is 1.33. The lowest BCUT2D eigenvalue weighted by atomic mass is 10.1. The number of aryl methyl sites for hydroxylation is 1. The van der Waals surface area contributed by atoms with Crippen molar-refractivity contribution >= 4 is 34.0 Å². The molecular formula is C16H17N3O3S. The van der Waals surface area contributed by atoms with E-state index in [0.717, 1.165) is 16.0 Å². The molecular weight excluding hydrogens is 314 g/mol. The summed E-state index contributed by atoms with van der Waals surface area (Å²) in [6.07, 6.45) is 0.630. The standard InChI is InChI=1S/C16H17N3O3S/c1-9-2-4-10(5-3-9)18-16(21)19-15-13(14(17)20)11-6-7-22-8-12(11)23-15/h2-5H,6-8H2,1H3,(H2,17,20)(H2,18,19,21). The molecule has 1 aliphatic rings. The van der Waals surface area contributed by atoms with Gasteiger partial charge in [0.1, 0.15) is 5.00 Å². The van der Waals surface area contributed by atoms with Crippen LogP contribution >= 0.6 is 11.3 Å². The summed E-state index contributed by atoms with van der Waals surface area (Å²) in [6.45, 7) is 2.97. The maximum atomic E-state index is 12.2. The molecule has 0 atom stereocenters.